The van der Waals surface area contributed by atoms with Crippen LogP contribution in [0, 0.1) is 0 Å². The molecule has 0 radical (unpaired) electrons. The molecule has 0 aliphatic rings. The van der Waals surface area contributed by atoms with Crippen molar-refractivity contribution in [2.75, 3.05) is 27.3 Å². The Balaban J connectivity index is 1.90. The molecule has 1 atom stereocenters. The first-order valence-corrected chi connectivity index (χ1v) is 8.30. The van der Waals surface area contributed by atoms with Gasteiger partial charge in [0.2, 0.25) is 0 Å². The zero-order valence-electron chi connectivity index (χ0n) is 13.3. The summed E-state index contributed by atoms with van der Waals surface area (Å²) in [5.41, 5.74) is 0.989. The predicted molar refractivity (Wildman–Crippen MR) is 90.3 cm³/mol. The maximum absolute atomic E-state index is 12.2. The van der Waals surface area contributed by atoms with E-state index in [0.717, 1.165) is 34.7 Å². The molecular weight excluding hydrogens is 298 g/mol. The minimum Gasteiger partial charge on any atom is -0.385 e. The summed E-state index contributed by atoms with van der Waals surface area (Å²) >= 11 is 1.64. The number of methoxy groups -OCH3 is 1. The molecule has 0 fully saturated rings. The summed E-state index contributed by atoms with van der Waals surface area (Å²) in [5.74, 6) is 0. The lowest BCUT2D eigenvalue weighted by Gasteiger charge is -2.23. The van der Waals surface area contributed by atoms with Gasteiger partial charge in [0.25, 0.3) is 0 Å². The Morgan fingerprint density at radius 3 is 2.91 bits per heavy atom. The van der Waals surface area contributed by atoms with Crippen LogP contribution in [0.3, 0.4) is 0 Å². The van der Waals surface area contributed by atoms with Crippen molar-refractivity contribution in [1.82, 2.24) is 15.2 Å². The first-order valence-electron chi connectivity index (χ1n) is 7.48. The zero-order valence-corrected chi connectivity index (χ0v) is 14.2. The summed E-state index contributed by atoms with van der Waals surface area (Å²) in [7, 11) is 3.49. The van der Waals surface area contributed by atoms with E-state index in [2.05, 4.69) is 16.4 Å². The summed E-state index contributed by atoms with van der Waals surface area (Å²) in [6.45, 7) is 3.40. The lowest BCUT2D eigenvalue weighted by Crippen LogP contribution is -2.39. The zero-order chi connectivity index (χ0) is 15.9. The van der Waals surface area contributed by atoms with Gasteiger partial charge in [-0.05, 0) is 31.9 Å². The minimum atomic E-state index is -0.0656. The lowest BCUT2D eigenvalue weighted by molar-refractivity contribution is 0.186. The molecule has 120 valence electrons. The number of hydrogen-bond donors (Lipinski definition) is 1. The maximum atomic E-state index is 12.2. The molecular formula is C16H23N3O2S. The van der Waals surface area contributed by atoms with Gasteiger partial charge in [-0.2, -0.15) is 0 Å². The molecule has 0 aliphatic heterocycles. The number of unbranched alkanes of at least 4 members (excludes halogenated alkanes) is 1. The molecule has 0 unspecified atom stereocenters. The second-order valence-electron chi connectivity index (χ2n) is 5.24. The van der Waals surface area contributed by atoms with Gasteiger partial charge in [0.1, 0.15) is 5.01 Å². The van der Waals surface area contributed by atoms with Crippen LogP contribution >= 0.6 is 11.3 Å². The van der Waals surface area contributed by atoms with Gasteiger partial charge in [-0.3, -0.25) is 0 Å². The molecule has 2 rings (SSSR count). The van der Waals surface area contributed by atoms with Crippen LogP contribution in [-0.4, -0.2) is 43.2 Å². The van der Waals surface area contributed by atoms with Gasteiger partial charge < -0.3 is 15.0 Å². The van der Waals surface area contributed by atoms with E-state index >= 15 is 0 Å². The molecule has 22 heavy (non-hydrogen) atoms. The largest absolute Gasteiger partial charge is 0.385 e. The van der Waals surface area contributed by atoms with E-state index in [1.54, 1.807) is 30.4 Å². The first kappa shape index (κ1) is 16.7. The normalized spacial score (nSPS) is 12.3. The smallest absolute Gasteiger partial charge is 0.317 e. The van der Waals surface area contributed by atoms with Crippen LogP contribution < -0.4 is 5.32 Å². The van der Waals surface area contributed by atoms with Crippen LogP contribution in [0.4, 0.5) is 4.79 Å². The third kappa shape index (κ3) is 4.18. The van der Waals surface area contributed by atoms with Crippen LogP contribution in [0.15, 0.2) is 24.3 Å². The summed E-state index contributed by atoms with van der Waals surface area (Å²) in [5, 5.41) is 3.89. The Morgan fingerprint density at radius 1 is 1.41 bits per heavy atom. The van der Waals surface area contributed by atoms with Crippen molar-refractivity contribution in [1.29, 1.82) is 0 Å². The van der Waals surface area contributed by atoms with Gasteiger partial charge in [0.05, 0.1) is 16.3 Å². The molecule has 1 heterocycles. The number of hydrogen-bond acceptors (Lipinski definition) is 4. The number of thiazole rings is 1. The van der Waals surface area contributed by atoms with Gasteiger partial charge >= 0.3 is 6.03 Å². The fraction of sp³-hybridized carbons (Fsp3) is 0.500. The van der Waals surface area contributed by atoms with E-state index in [9.17, 15) is 4.79 Å². The Kier molecular flexibility index (Phi) is 6.15. The number of nitrogens with zero attached hydrogens (tertiary/aromatic N) is 2. The summed E-state index contributed by atoms with van der Waals surface area (Å²) < 4.78 is 6.14. The van der Waals surface area contributed by atoms with Crippen LogP contribution in [-0.2, 0) is 4.74 Å². The van der Waals surface area contributed by atoms with Gasteiger partial charge in [0, 0.05) is 27.3 Å². The van der Waals surface area contributed by atoms with Gasteiger partial charge in [0.15, 0.2) is 0 Å². The summed E-state index contributed by atoms with van der Waals surface area (Å²) in [6, 6.07) is 7.93. The molecule has 6 heteroatoms. The molecule has 5 nitrogen and oxygen atoms in total. The molecule has 0 saturated heterocycles. The van der Waals surface area contributed by atoms with Gasteiger partial charge in [-0.15, -0.1) is 11.3 Å². The Morgan fingerprint density at radius 2 is 2.18 bits per heavy atom. The number of carbonyl (C=O) groups is 1. The van der Waals surface area contributed by atoms with Crippen molar-refractivity contribution in [2.24, 2.45) is 0 Å². The monoisotopic (exact) mass is 321 g/mol. The number of benzene rings is 1. The first-order chi connectivity index (χ1) is 10.6. The van der Waals surface area contributed by atoms with E-state index in [1.165, 1.54) is 0 Å². The average molecular weight is 321 g/mol. The number of fused-ring (bicyclic) bond motifs is 1. The number of rotatable bonds is 7. The third-order valence-corrected chi connectivity index (χ3v) is 4.83. The fourth-order valence-electron chi connectivity index (χ4n) is 2.10. The standard InChI is InChI=1S/C16H23N3O2S/c1-12(15-18-13-8-4-5-9-14(13)22-15)19(2)16(20)17-10-6-7-11-21-3/h4-5,8-9,12H,6-7,10-11H2,1-3H3,(H,17,20)/t12-/m0/s1. The maximum Gasteiger partial charge on any atom is 0.317 e. The quantitative estimate of drug-likeness (QED) is 0.795. The van der Waals surface area contributed by atoms with E-state index in [1.807, 2.05) is 25.1 Å². The van der Waals surface area contributed by atoms with Gasteiger partial charge in [-0.25, -0.2) is 9.78 Å². The molecule has 0 aliphatic carbocycles. The number of aromatic nitrogens is 1. The molecule has 0 spiro atoms. The predicted octanol–water partition coefficient (Wildman–Crippen LogP) is 3.43. The number of para-hydroxylation sites is 1. The third-order valence-electron chi connectivity index (χ3n) is 3.62. The minimum absolute atomic E-state index is 0.0450. The van der Waals surface area contributed by atoms with Crippen LogP contribution in [0.25, 0.3) is 10.2 Å². The van der Waals surface area contributed by atoms with Crippen molar-refractivity contribution in [3.05, 3.63) is 29.3 Å². The fourth-order valence-corrected chi connectivity index (χ4v) is 3.16. The second-order valence-corrected chi connectivity index (χ2v) is 6.30. The summed E-state index contributed by atoms with van der Waals surface area (Å²) in [4.78, 5) is 18.5. The van der Waals surface area contributed by atoms with E-state index in [4.69, 9.17) is 4.74 Å². The highest BCUT2D eigenvalue weighted by molar-refractivity contribution is 7.18. The molecule has 0 bridgehead atoms. The Hall–Kier alpha value is -1.66. The molecule has 2 amide bonds. The van der Waals surface area contributed by atoms with Crippen LogP contribution in [0.2, 0.25) is 0 Å². The van der Waals surface area contributed by atoms with E-state index < -0.39 is 0 Å². The van der Waals surface area contributed by atoms with Crippen LogP contribution in [0.1, 0.15) is 30.8 Å². The highest BCUT2D eigenvalue weighted by Crippen LogP contribution is 2.28. The highest BCUT2D eigenvalue weighted by Gasteiger charge is 2.20. The number of nitrogens with one attached hydrogen (secondary N) is 1. The number of ether oxygens (including phenoxy) is 1. The van der Waals surface area contributed by atoms with Gasteiger partial charge in [-0.1, -0.05) is 12.1 Å². The Bertz CT molecular complexity index is 581. The van der Waals surface area contributed by atoms with Crippen molar-refractivity contribution in [3.63, 3.8) is 0 Å². The SMILES string of the molecule is COCCCCNC(=O)N(C)[C@@H](C)c1nc2ccccc2s1. The van der Waals surface area contributed by atoms with Crippen molar-refractivity contribution >= 4 is 27.6 Å². The van der Waals surface area contributed by atoms with Crippen LogP contribution in [0.5, 0.6) is 0 Å². The molecule has 2 aromatic rings. The molecule has 1 aromatic carbocycles. The Labute approximate surface area is 135 Å². The van der Waals surface area contributed by atoms with E-state index in [0.29, 0.717) is 6.54 Å². The van der Waals surface area contributed by atoms with Crippen molar-refractivity contribution < 1.29 is 9.53 Å². The number of carbonyl (C=O) groups excluding carboxylic acids is 1. The topological polar surface area (TPSA) is 54.5 Å². The van der Waals surface area contributed by atoms with Crippen molar-refractivity contribution in [3.8, 4) is 0 Å². The number of amides is 2. The molecule has 1 N–H and O–H groups in total. The highest BCUT2D eigenvalue weighted by atomic mass is 32.1. The lowest BCUT2D eigenvalue weighted by atomic mass is 10.3. The van der Waals surface area contributed by atoms with Crippen molar-refractivity contribution in [2.45, 2.75) is 25.8 Å². The molecule has 0 saturated carbocycles. The second kappa shape index (κ2) is 8.10. The number of urea groups is 1. The summed E-state index contributed by atoms with van der Waals surface area (Å²) in [6.07, 6.45) is 1.87. The van der Waals surface area contributed by atoms with E-state index in [-0.39, 0.29) is 12.1 Å². The average Bonchev–Trinajstić information content (AvgIpc) is 2.97. The molecule has 1 aromatic heterocycles.